The van der Waals surface area contributed by atoms with Crippen LogP contribution in [0.2, 0.25) is 5.02 Å². The van der Waals surface area contributed by atoms with Crippen molar-refractivity contribution in [1.29, 1.82) is 0 Å². The zero-order chi connectivity index (χ0) is 25.8. The molecular weight excluding hydrogens is 524 g/mol. The van der Waals surface area contributed by atoms with Crippen molar-refractivity contribution in [3.05, 3.63) is 108 Å². The van der Waals surface area contributed by atoms with E-state index < -0.39 is 26.0 Å². The van der Waals surface area contributed by atoms with Crippen molar-refractivity contribution < 1.29 is 21.6 Å². The predicted molar refractivity (Wildman–Crippen MR) is 138 cm³/mol. The van der Waals surface area contributed by atoms with Crippen LogP contribution in [0.1, 0.15) is 10.4 Å². The first-order chi connectivity index (χ1) is 17.1. The number of amides is 1. The van der Waals surface area contributed by atoms with E-state index in [0.29, 0.717) is 11.4 Å². The monoisotopic (exact) mass is 542 g/mol. The molecule has 0 radical (unpaired) electrons. The summed E-state index contributed by atoms with van der Waals surface area (Å²) in [4.78, 5) is 16.8. The Kier molecular flexibility index (Phi) is 7.25. The average molecular weight is 543 g/mol. The summed E-state index contributed by atoms with van der Waals surface area (Å²) in [5, 5.41) is 2.73. The Balaban J connectivity index is 1.48. The van der Waals surface area contributed by atoms with Crippen molar-refractivity contribution in [1.82, 2.24) is 4.98 Å². The van der Waals surface area contributed by atoms with E-state index in [-0.39, 0.29) is 26.1 Å². The van der Waals surface area contributed by atoms with Gasteiger partial charge in [-0.05, 0) is 66.7 Å². The lowest BCUT2D eigenvalue weighted by Gasteiger charge is -2.12. The van der Waals surface area contributed by atoms with Gasteiger partial charge in [0.2, 0.25) is 0 Å². The fourth-order valence-electron chi connectivity index (χ4n) is 3.13. The van der Waals surface area contributed by atoms with Crippen LogP contribution in [0.15, 0.2) is 107 Å². The van der Waals surface area contributed by atoms with E-state index in [9.17, 15) is 21.6 Å². The van der Waals surface area contributed by atoms with E-state index in [0.717, 1.165) is 0 Å². The molecule has 9 nitrogen and oxygen atoms in total. The van der Waals surface area contributed by atoms with E-state index in [4.69, 9.17) is 11.6 Å². The topological polar surface area (TPSA) is 134 Å². The number of nitrogens with one attached hydrogen (secondary N) is 3. The Morgan fingerprint density at radius 3 is 1.94 bits per heavy atom. The standard InChI is InChI=1S/C24H19ClN4O5S2/c25-23-13-10-18(28-35(31,32)20-6-2-1-3-7-20)15-22(23)24(30)27-17-8-11-21(12-9-17)36(33,34)29-19-5-4-14-26-16-19/h1-16,28-29H,(H,27,30). The molecule has 0 aliphatic rings. The summed E-state index contributed by atoms with van der Waals surface area (Å²) in [5.74, 6) is -0.607. The molecule has 3 aromatic carbocycles. The van der Waals surface area contributed by atoms with Crippen molar-refractivity contribution in [2.24, 2.45) is 0 Å². The number of anilines is 3. The summed E-state index contributed by atoms with van der Waals surface area (Å²) in [5.41, 5.74) is 0.801. The Morgan fingerprint density at radius 1 is 0.694 bits per heavy atom. The third-order valence-electron chi connectivity index (χ3n) is 4.85. The van der Waals surface area contributed by atoms with Gasteiger partial charge in [-0.3, -0.25) is 19.2 Å². The fraction of sp³-hybridized carbons (Fsp3) is 0. The summed E-state index contributed by atoms with van der Waals surface area (Å²) in [7, 11) is -7.71. The van der Waals surface area contributed by atoms with Gasteiger partial charge < -0.3 is 5.32 Å². The highest BCUT2D eigenvalue weighted by molar-refractivity contribution is 7.93. The van der Waals surface area contributed by atoms with E-state index >= 15 is 0 Å². The van der Waals surface area contributed by atoms with Crippen LogP contribution in [-0.4, -0.2) is 27.7 Å². The van der Waals surface area contributed by atoms with E-state index in [1.807, 2.05) is 0 Å². The SMILES string of the molecule is O=C(Nc1ccc(S(=O)(=O)Nc2cccnc2)cc1)c1cc(NS(=O)(=O)c2ccccc2)ccc1Cl. The second kappa shape index (κ2) is 10.4. The van der Waals surface area contributed by atoms with Crippen LogP contribution in [0.5, 0.6) is 0 Å². The van der Waals surface area contributed by atoms with Crippen LogP contribution in [0.4, 0.5) is 17.1 Å². The lowest BCUT2D eigenvalue weighted by atomic mass is 10.2. The first-order valence-corrected chi connectivity index (χ1v) is 13.7. The minimum Gasteiger partial charge on any atom is -0.322 e. The molecule has 0 aliphatic carbocycles. The van der Waals surface area contributed by atoms with Crippen LogP contribution in [0.3, 0.4) is 0 Å². The zero-order valence-corrected chi connectivity index (χ0v) is 20.8. The number of pyridine rings is 1. The number of carbonyl (C=O) groups excluding carboxylic acids is 1. The molecule has 0 atom stereocenters. The molecule has 1 heterocycles. The molecule has 4 aromatic rings. The molecule has 12 heteroatoms. The van der Waals surface area contributed by atoms with Crippen LogP contribution in [0, 0.1) is 0 Å². The number of rotatable bonds is 8. The van der Waals surface area contributed by atoms with Gasteiger partial charge in [-0.1, -0.05) is 29.8 Å². The van der Waals surface area contributed by atoms with Gasteiger partial charge in [-0.2, -0.15) is 0 Å². The summed E-state index contributed by atoms with van der Waals surface area (Å²) in [6, 6.07) is 20.6. The highest BCUT2D eigenvalue weighted by atomic mass is 35.5. The first-order valence-electron chi connectivity index (χ1n) is 10.4. The summed E-state index contributed by atoms with van der Waals surface area (Å²) in [6.45, 7) is 0. The molecule has 1 amide bonds. The fourth-order valence-corrected chi connectivity index (χ4v) is 5.45. The molecule has 4 rings (SSSR count). The number of sulfonamides is 2. The number of benzene rings is 3. The third kappa shape index (κ3) is 6.00. The number of aromatic nitrogens is 1. The number of hydrogen-bond acceptors (Lipinski definition) is 6. The Labute approximate surface area is 213 Å². The number of hydrogen-bond donors (Lipinski definition) is 3. The summed E-state index contributed by atoms with van der Waals surface area (Å²) < 4.78 is 55.1. The molecule has 0 saturated heterocycles. The van der Waals surface area contributed by atoms with Gasteiger partial charge in [-0.15, -0.1) is 0 Å². The van der Waals surface area contributed by atoms with E-state index in [1.54, 1.807) is 30.3 Å². The zero-order valence-electron chi connectivity index (χ0n) is 18.4. The van der Waals surface area contributed by atoms with Crippen LogP contribution < -0.4 is 14.8 Å². The molecule has 0 bridgehead atoms. The van der Waals surface area contributed by atoms with E-state index in [1.165, 1.54) is 67.0 Å². The molecule has 0 saturated carbocycles. The second-order valence-electron chi connectivity index (χ2n) is 7.44. The number of nitrogens with zero attached hydrogens (tertiary/aromatic N) is 1. The Morgan fingerprint density at radius 2 is 1.31 bits per heavy atom. The molecule has 0 aliphatic heterocycles. The van der Waals surface area contributed by atoms with Gasteiger partial charge in [0.15, 0.2) is 0 Å². The largest absolute Gasteiger partial charge is 0.322 e. The van der Waals surface area contributed by atoms with Crippen LogP contribution in [-0.2, 0) is 20.0 Å². The molecule has 184 valence electrons. The van der Waals surface area contributed by atoms with Gasteiger partial charge in [-0.25, -0.2) is 16.8 Å². The highest BCUT2D eigenvalue weighted by Crippen LogP contribution is 2.25. The van der Waals surface area contributed by atoms with Crippen molar-refractivity contribution in [3.8, 4) is 0 Å². The molecule has 3 N–H and O–H groups in total. The maximum atomic E-state index is 12.8. The smallest absolute Gasteiger partial charge is 0.261 e. The second-order valence-corrected chi connectivity index (χ2v) is 11.2. The first kappa shape index (κ1) is 25.2. The maximum absolute atomic E-state index is 12.8. The highest BCUT2D eigenvalue weighted by Gasteiger charge is 2.18. The summed E-state index contributed by atoms with van der Waals surface area (Å²) >= 11 is 6.18. The lowest BCUT2D eigenvalue weighted by Crippen LogP contribution is -2.16. The van der Waals surface area contributed by atoms with Gasteiger partial charge in [0.05, 0.1) is 32.3 Å². The lowest BCUT2D eigenvalue weighted by molar-refractivity contribution is 0.102. The Hall–Kier alpha value is -3.93. The minimum atomic E-state index is -3.86. The summed E-state index contributed by atoms with van der Waals surface area (Å²) in [6.07, 6.45) is 2.90. The molecular formula is C24H19ClN4O5S2. The maximum Gasteiger partial charge on any atom is 0.261 e. The van der Waals surface area contributed by atoms with Gasteiger partial charge in [0, 0.05) is 17.6 Å². The van der Waals surface area contributed by atoms with Crippen molar-refractivity contribution in [3.63, 3.8) is 0 Å². The van der Waals surface area contributed by atoms with Crippen molar-refractivity contribution in [2.75, 3.05) is 14.8 Å². The van der Waals surface area contributed by atoms with Gasteiger partial charge in [0.1, 0.15) is 0 Å². The van der Waals surface area contributed by atoms with Crippen molar-refractivity contribution in [2.45, 2.75) is 9.79 Å². The van der Waals surface area contributed by atoms with E-state index in [2.05, 4.69) is 19.7 Å². The third-order valence-corrected chi connectivity index (χ3v) is 7.98. The normalized spacial score (nSPS) is 11.5. The van der Waals surface area contributed by atoms with Crippen molar-refractivity contribution >= 4 is 54.6 Å². The predicted octanol–water partition coefficient (Wildman–Crippen LogP) is 4.59. The van der Waals surface area contributed by atoms with Crippen LogP contribution in [0.25, 0.3) is 0 Å². The van der Waals surface area contributed by atoms with Crippen LogP contribution >= 0.6 is 11.6 Å². The number of halogens is 1. The Bertz CT molecular complexity index is 1600. The molecule has 0 spiro atoms. The van der Waals surface area contributed by atoms with Gasteiger partial charge >= 0.3 is 0 Å². The molecule has 36 heavy (non-hydrogen) atoms. The number of carbonyl (C=O) groups is 1. The van der Waals surface area contributed by atoms with Gasteiger partial charge in [0.25, 0.3) is 26.0 Å². The quantitative estimate of drug-likeness (QED) is 0.298. The molecule has 0 fully saturated rings. The minimum absolute atomic E-state index is 0.0142. The molecule has 0 unspecified atom stereocenters. The molecule has 1 aromatic heterocycles. The average Bonchev–Trinajstić information content (AvgIpc) is 2.86.